The summed E-state index contributed by atoms with van der Waals surface area (Å²) in [6.07, 6.45) is -4.45. The molecule has 0 aliphatic heterocycles. The first-order valence-corrected chi connectivity index (χ1v) is 8.83. The standard InChI is InChI=1S/C14H16ClF3N2O4S/c1-3-10(21)7-19-13(22)8-20(2)25(23,24)12-5-4-9(6-11(12)15)14(16,17)18/h4-6H,3,7-8H2,1-2H3,(H,19,22). The summed E-state index contributed by atoms with van der Waals surface area (Å²) in [6, 6.07) is 1.82. The van der Waals surface area contributed by atoms with Gasteiger partial charge in [0.25, 0.3) is 0 Å². The molecule has 1 aromatic carbocycles. The van der Waals surface area contributed by atoms with Crippen LogP contribution in [0, 0.1) is 0 Å². The number of Topliss-reactive ketones (excluding diaryl/α,β-unsaturated/α-hetero) is 1. The first-order valence-electron chi connectivity index (χ1n) is 7.01. The highest BCUT2D eigenvalue weighted by molar-refractivity contribution is 7.89. The van der Waals surface area contributed by atoms with Gasteiger partial charge in [-0.05, 0) is 18.2 Å². The van der Waals surface area contributed by atoms with Gasteiger partial charge in [0.15, 0.2) is 5.78 Å². The third kappa shape index (κ3) is 5.68. The fourth-order valence-electron chi connectivity index (χ4n) is 1.72. The first-order chi connectivity index (χ1) is 11.4. The number of hydrogen-bond acceptors (Lipinski definition) is 4. The average molecular weight is 401 g/mol. The molecule has 0 bridgehead atoms. The Labute approximate surface area is 148 Å². The van der Waals surface area contributed by atoms with Crippen LogP contribution in [0.3, 0.4) is 0 Å². The maximum Gasteiger partial charge on any atom is 0.416 e. The van der Waals surface area contributed by atoms with E-state index >= 15 is 0 Å². The van der Waals surface area contributed by atoms with Crippen molar-refractivity contribution < 1.29 is 31.2 Å². The molecule has 0 aromatic heterocycles. The van der Waals surface area contributed by atoms with E-state index in [2.05, 4.69) is 5.32 Å². The lowest BCUT2D eigenvalue weighted by Gasteiger charge is -2.18. The predicted octanol–water partition coefficient (Wildman–Crippen LogP) is 2.07. The Bertz CT molecular complexity index is 766. The molecule has 25 heavy (non-hydrogen) atoms. The molecule has 1 N–H and O–H groups in total. The molecule has 0 spiro atoms. The molecular weight excluding hydrogens is 385 g/mol. The first kappa shape index (κ1) is 21.4. The van der Waals surface area contributed by atoms with Gasteiger partial charge in [-0.1, -0.05) is 18.5 Å². The molecule has 1 amide bonds. The minimum Gasteiger partial charge on any atom is -0.348 e. The Morgan fingerprint density at radius 3 is 2.36 bits per heavy atom. The van der Waals surface area contributed by atoms with Crippen LogP contribution in [0.5, 0.6) is 0 Å². The highest BCUT2D eigenvalue weighted by atomic mass is 35.5. The number of carbonyl (C=O) groups is 2. The van der Waals surface area contributed by atoms with Crippen molar-refractivity contribution in [3.63, 3.8) is 0 Å². The highest BCUT2D eigenvalue weighted by Crippen LogP contribution is 2.34. The molecule has 1 rings (SSSR count). The second-order valence-corrected chi connectivity index (χ2v) is 7.49. The number of hydrogen-bond donors (Lipinski definition) is 1. The molecule has 0 aliphatic carbocycles. The zero-order valence-electron chi connectivity index (χ0n) is 13.4. The summed E-state index contributed by atoms with van der Waals surface area (Å²) in [5, 5.41) is 1.65. The number of nitrogens with one attached hydrogen (secondary N) is 1. The van der Waals surface area contributed by atoms with Crippen molar-refractivity contribution in [3.05, 3.63) is 28.8 Å². The van der Waals surface area contributed by atoms with Crippen LogP contribution < -0.4 is 5.32 Å². The Balaban J connectivity index is 2.93. The van der Waals surface area contributed by atoms with Crippen LogP contribution in [-0.2, 0) is 25.8 Å². The lowest BCUT2D eigenvalue weighted by molar-refractivity contribution is -0.137. The molecule has 0 radical (unpaired) electrons. The number of ketones is 1. The molecular formula is C14H16ClF3N2O4S. The fraction of sp³-hybridized carbons (Fsp3) is 0.429. The zero-order valence-corrected chi connectivity index (χ0v) is 14.9. The number of benzene rings is 1. The summed E-state index contributed by atoms with van der Waals surface area (Å²) < 4.78 is 63.2. The molecule has 0 unspecified atom stereocenters. The van der Waals surface area contributed by atoms with E-state index in [0.29, 0.717) is 16.4 Å². The molecule has 0 aliphatic rings. The van der Waals surface area contributed by atoms with Gasteiger partial charge in [-0.3, -0.25) is 9.59 Å². The summed E-state index contributed by atoms with van der Waals surface area (Å²) >= 11 is 5.67. The lowest BCUT2D eigenvalue weighted by atomic mass is 10.2. The van der Waals surface area contributed by atoms with Crippen molar-refractivity contribution in [1.82, 2.24) is 9.62 Å². The Kier molecular flexibility index (Phi) is 6.98. The molecule has 0 atom stereocenters. The van der Waals surface area contributed by atoms with Crippen LogP contribution in [0.1, 0.15) is 18.9 Å². The van der Waals surface area contributed by atoms with Gasteiger partial charge in [-0.2, -0.15) is 17.5 Å². The van der Waals surface area contributed by atoms with Gasteiger partial charge in [-0.15, -0.1) is 0 Å². The second kappa shape index (κ2) is 8.15. The summed E-state index contributed by atoms with van der Waals surface area (Å²) in [6.45, 7) is 0.763. The SMILES string of the molecule is CCC(=O)CNC(=O)CN(C)S(=O)(=O)c1ccc(C(F)(F)F)cc1Cl. The van der Waals surface area contributed by atoms with Crippen LogP contribution in [-0.4, -0.2) is 44.6 Å². The van der Waals surface area contributed by atoms with Crippen LogP contribution in [0.25, 0.3) is 0 Å². The van der Waals surface area contributed by atoms with Crippen LogP contribution in [0.2, 0.25) is 5.02 Å². The monoisotopic (exact) mass is 400 g/mol. The average Bonchev–Trinajstić information content (AvgIpc) is 2.51. The van der Waals surface area contributed by atoms with Gasteiger partial charge < -0.3 is 5.32 Å². The van der Waals surface area contributed by atoms with Crippen molar-refractivity contribution in [2.45, 2.75) is 24.4 Å². The molecule has 0 saturated heterocycles. The smallest absolute Gasteiger partial charge is 0.348 e. The van der Waals surface area contributed by atoms with Crippen molar-refractivity contribution >= 4 is 33.3 Å². The van der Waals surface area contributed by atoms with E-state index in [4.69, 9.17) is 11.6 Å². The number of amides is 1. The van der Waals surface area contributed by atoms with Crippen molar-refractivity contribution in [3.8, 4) is 0 Å². The minimum absolute atomic E-state index is 0.218. The number of carbonyl (C=O) groups excluding carboxylic acids is 2. The molecule has 11 heteroatoms. The maximum absolute atomic E-state index is 12.6. The van der Waals surface area contributed by atoms with E-state index < -0.39 is 44.1 Å². The molecule has 140 valence electrons. The summed E-state index contributed by atoms with van der Waals surface area (Å²) in [5.74, 6) is -0.958. The Morgan fingerprint density at radius 2 is 1.88 bits per heavy atom. The number of nitrogens with zero attached hydrogens (tertiary/aromatic N) is 1. The van der Waals surface area contributed by atoms with Crippen LogP contribution in [0.4, 0.5) is 13.2 Å². The molecule has 6 nitrogen and oxygen atoms in total. The van der Waals surface area contributed by atoms with Crippen LogP contribution >= 0.6 is 11.6 Å². The topological polar surface area (TPSA) is 83.6 Å². The van der Waals surface area contributed by atoms with Crippen molar-refractivity contribution in [1.29, 1.82) is 0 Å². The van der Waals surface area contributed by atoms with E-state index in [1.165, 1.54) is 0 Å². The van der Waals surface area contributed by atoms with Gasteiger partial charge in [0.2, 0.25) is 15.9 Å². The van der Waals surface area contributed by atoms with E-state index in [0.717, 1.165) is 13.1 Å². The largest absolute Gasteiger partial charge is 0.416 e. The molecule has 1 aromatic rings. The third-order valence-electron chi connectivity index (χ3n) is 3.19. The molecule has 0 fully saturated rings. The number of halogens is 4. The van der Waals surface area contributed by atoms with Gasteiger partial charge in [0, 0.05) is 13.5 Å². The summed E-state index contributed by atoms with van der Waals surface area (Å²) in [4.78, 5) is 22.2. The number of alkyl halides is 3. The normalized spacial score (nSPS) is 12.3. The number of likely N-dealkylation sites (N-methyl/N-ethyl adjacent to an activating group) is 1. The minimum atomic E-state index is -4.66. The highest BCUT2D eigenvalue weighted by Gasteiger charge is 2.33. The summed E-state index contributed by atoms with van der Waals surface area (Å²) in [7, 11) is -3.21. The van der Waals surface area contributed by atoms with E-state index in [1.807, 2.05) is 0 Å². The quantitative estimate of drug-likeness (QED) is 0.759. The Morgan fingerprint density at radius 1 is 1.28 bits per heavy atom. The summed E-state index contributed by atoms with van der Waals surface area (Å²) in [5.41, 5.74) is -1.09. The van der Waals surface area contributed by atoms with E-state index in [9.17, 15) is 31.2 Å². The zero-order chi connectivity index (χ0) is 19.4. The molecule has 0 saturated carbocycles. The third-order valence-corrected chi connectivity index (χ3v) is 5.48. The van der Waals surface area contributed by atoms with Gasteiger partial charge in [-0.25, -0.2) is 8.42 Å². The van der Waals surface area contributed by atoms with Crippen molar-refractivity contribution in [2.75, 3.05) is 20.1 Å². The fourth-order valence-corrected chi connectivity index (χ4v) is 3.36. The number of sulfonamides is 1. The maximum atomic E-state index is 12.6. The molecule has 0 heterocycles. The Hall–Kier alpha value is -1.65. The predicted molar refractivity (Wildman–Crippen MR) is 84.6 cm³/mol. The van der Waals surface area contributed by atoms with Crippen LogP contribution in [0.15, 0.2) is 23.1 Å². The van der Waals surface area contributed by atoms with E-state index in [-0.39, 0.29) is 18.7 Å². The van der Waals surface area contributed by atoms with Gasteiger partial charge in [0.1, 0.15) is 4.90 Å². The number of rotatable bonds is 7. The second-order valence-electron chi connectivity index (χ2n) is 5.07. The van der Waals surface area contributed by atoms with Gasteiger partial charge in [0.05, 0.1) is 23.7 Å². The van der Waals surface area contributed by atoms with Gasteiger partial charge >= 0.3 is 6.18 Å². The van der Waals surface area contributed by atoms with E-state index in [1.54, 1.807) is 6.92 Å². The van der Waals surface area contributed by atoms with Crippen molar-refractivity contribution in [2.24, 2.45) is 0 Å². The lowest BCUT2D eigenvalue weighted by Crippen LogP contribution is -2.40.